The molecule has 0 aromatic carbocycles. The van der Waals surface area contributed by atoms with Gasteiger partial charge in [0.15, 0.2) is 0 Å². The van der Waals surface area contributed by atoms with Gasteiger partial charge in [-0.2, -0.15) is 11.3 Å². The molecule has 2 aromatic rings. The number of thiophene rings is 1. The Balaban J connectivity index is 1.13. The fourth-order valence-electron chi connectivity index (χ4n) is 4.36. The highest BCUT2D eigenvalue weighted by atomic mass is 32.1. The minimum Gasteiger partial charge on any atom is -0.354 e. The first kappa shape index (κ1) is 19.4. The highest BCUT2D eigenvalue weighted by Crippen LogP contribution is 2.27. The summed E-state index contributed by atoms with van der Waals surface area (Å²) in [6, 6.07) is 8.39. The molecule has 2 aliphatic rings. The van der Waals surface area contributed by atoms with E-state index in [0.717, 1.165) is 56.3 Å². The molecule has 150 valence electrons. The number of carbonyl (C=O) groups is 1. The second kappa shape index (κ2) is 9.52. The van der Waals surface area contributed by atoms with Crippen LogP contribution in [-0.4, -0.2) is 54.6 Å². The number of amides is 1. The minimum absolute atomic E-state index is 0.0930. The molecule has 0 unspecified atom stereocenters. The Bertz CT molecular complexity index is 720. The van der Waals surface area contributed by atoms with Crippen LogP contribution in [0.2, 0.25) is 0 Å². The van der Waals surface area contributed by atoms with Crippen molar-refractivity contribution in [3.63, 3.8) is 0 Å². The first-order valence-electron chi connectivity index (χ1n) is 10.5. The highest BCUT2D eigenvalue weighted by molar-refractivity contribution is 7.08. The van der Waals surface area contributed by atoms with E-state index in [4.69, 9.17) is 0 Å². The first-order chi connectivity index (χ1) is 13.8. The zero-order valence-electron chi connectivity index (χ0n) is 16.4. The molecule has 1 aliphatic heterocycles. The Morgan fingerprint density at radius 3 is 2.61 bits per heavy atom. The van der Waals surface area contributed by atoms with E-state index in [0.29, 0.717) is 6.04 Å². The molecular weight excluding hydrogens is 368 g/mol. The van der Waals surface area contributed by atoms with Crippen LogP contribution in [0.15, 0.2) is 41.2 Å². The van der Waals surface area contributed by atoms with Gasteiger partial charge in [-0.1, -0.05) is 6.07 Å². The van der Waals surface area contributed by atoms with Gasteiger partial charge in [0.05, 0.1) is 0 Å². The van der Waals surface area contributed by atoms with E-state index in [9.17, 15) is 4.79 Å². The number of aromatic nitrogens is 1. The number of hydrogen-bond acceptors (Lipinski definition) is 5. The van der Waals surface area contributed by atoms with Gasteiger partial charge < -0.3 is 10.2 Å². The van der Waals surface area contributed by atoms with Gasteiger partial charge in [0, 0.05) is 49.4 Å². The fraction of sp³-hybridized carbons (Fsp3) is 0.545. The Hall–Kier alpha value is -1.92. The molecule has 28 heavy (non-hydrogen) atoms. The lowest BCUT2D eigenvalue weighted by Crippen LogP contribution is -2.47. The van der Waals surface area contributed by atoms with Gasteiger partial charge in [-0.15, -0.1) is 0 Å². The molecule has 0 radical (unpaired) electrons. The summed E-state index contributed by atoms with van der Waals surface area (Å²) in [4.78, 5) is 21.7. The quantitative estimate of drug-likeness (QED) is 0.807. The van der Waals surface area contributed by atoms with Crippen LogP contribution in [0.1, 0.15) is 42.5 Å². The lowest BCUT2D eigenvalue weighted by atomic mass is 9.84. The van der Waals surface area contributed by atoms with E-state index in [-0.39, 0.29) is 5.91 Å². The van der Waals surface area contributed by atoms with Crippen molar-refractivity contribution in [1.29, 1.82) is 0 Å². The van der Waals surface area contributed by atoms with Crippen LogP contribution in [0.5, 0.6) is 0 Å². The molecule has 0 atom stereocenters. The topological polar surface area (TPSA) is 48.5 Å². The maximum Gasteiger partial charge on any atom is 0.252 e. The van der Waals surface area contributed by atoms with Gasteiger partial charge >= 0.3 is 0 Å². The van der Waals surface area contributed by atoms with E-state index >= 15 is 0 Å². The second-order valence-corrected chi connectivity index (χ2v) is 8.79. The summed E-state index contributed by atoms with van der Waals surface area (Å²) in [5, 5.41) is 7.10. The van der Waals surface area contributed by atoms with Gasteiger partial charge in [-0.05, 0) is 68.1 Å². The second-order valence-electron chi connectivity index (χ2n) is 8.01. The summed E-state index contributed by atoms with van der Waals surface area (Å²) in [5.74, 6) is 2.00. The molecule has 2 fully saturated rings. The normalized spacial score (nSPS) is 23.5. The smallest absolute Gasteiger partial charge is 0.252 e. The fourth-order valence-corrected chi connectivity index (χ4v) is 5.00. The maximum atomic E-state index is 12.2. The van der Waals surface area contributed by atoms with Gasteiger partial charge in [-0.25, -0.2) is 4.98 Å². The summed E-state index contributed by atoms with van der Waals surface area (Å²) in [6.07, 6.45) is 7.88. The van der Waals surface area contributed by atoms with Crippen LogP contribution in [-0.2, 0) is 0 Å². The Morgan fingerprint density at radius 1 is 1.11 bits per heavy atom. The summed E-state index contributed by atoms with van der Waals surface area (Å²) in [5.41, 5.74) is 0.803. The van der Waals surface area contributed by atoms with Crippen molar-refractivity contribution in [2.24, 2.45) is 5.92 Å². The Labute approximate surface area is 171 Å². The molecular formula is C22H30N4OS. The van der Waals surface area contributed by atoms with Crippen LogP contribution < -0.4 is 10.2 Å². The van der Waals surface area contributed by atoms with Crippen molar-refractivity contribution < 1.29 is 4.79 Å². The van der Waals surface area contributed by atoms with Crippen LogP contribution >= 0.6 is 11.3 Å². The van der Waals surface area contributed by atoms with Gasteiger partial charge in [-0.3, -0.25) is 9.69 Å². The number of anilines is 1. The SMILES string of the molecule is O=C(N[C@H]1CC[C@@H](CCN2CCN(c3ccccn3)CC2)CC1)c1ccsc1. The van der Waals surface area contributed by atoms with E-state index in [1.807, 2.05) is 29.1 Å². The predicted octanol–water partition coefficient (Wildman–Crippen LogP) is 3.64. The molecule has 1 saturated heterocycles. The molecule has 0 spiro atoms. The standard InChI is InChI=1S/C22H30N4OS/c27-22(19-9-16-28-17-19)24-20-6-4-18(5-7-20)8-11-25-12-14-26(15-13-25)21-3-1-2-10-23-21/h1-3,9-10,16-18,20H,4-8,11-15H2,(H,24,27)/t18-,20+. The van der Waals surface area contributed by atoms with E-state index in [1.54, 1.807) is 11.3 Å². The Kier molecular flexibility index (Phi) is 6.60. The number of carbonyl (C=O) groups excluding carboxylic acids is 1. The van der Waals surface area contributed by atoms with Crippen LogP contribution in [0.3, 0.4) is 0 Å². The molecule has 1 aliphatic carbocycles. The lowest BCUT2D eigenvalue weighted by Gasteiger charge is -2.36. The molecule has 1 amide bonds. The average Bonchev–Trinajstić information content (AvgIpc) is 3.29. The molecule has 4 rings (SSSR count). The van der Waals surface area contributed by atoms with Crippen LogP contribution in [0.4, 0.5) is 5.82 Å². The molecule has 0 bridgehead atoms. The molecule has 1 N–H and O–H groups in total. The molecule has 1 saturated carbocycles. The van der Waals surface area contributed by atoms with Crippen molar-refractivity contribution in [1.82, 2.24) is 15.2 Å². The third-order valence-electron chi connectivity index (χ3n) is 6.16. The summed E-state index contributed by atoms with van der Waals surface area (Å²) < 4.78 is 0. The predicted molar refractivity (Wildman–Crippen MR) is 115 cm³/mol. The Morgan fingerprint density at radius 2 is 1.93 bits per heavy atom. The van der Waals surface area contributed by atoms with E-state index in [2.05, 4.69) is 32.2 Å². The third kappa shape index (κ3) is 5.11. The van der Waals surface area contributed by atoms with E-state index in [1.165, 1.54) is 25.8 Å². The van der Waals surface area contributed by atoms with Gasteiger partial charge in [0.25, 0.3) is 5.91 Å². The minimum atomic E-state index is 0.0930. The monoisotopic (exact) mass is 398 g/mol. The largest absolute Gasteiger partial charge is 0.354 e. The average molecular weight is 399 g/mol. The van der Waals surface area contributed by atoms with Crippen molar-refractivity contribution >= 4 is 23.1 Å². The van der Waals surface area contributed by atoms with Crippen molar-refractivity contribution in [3.05, 3.63) is 46.8 Å². The van der Waals surface area contributed by atoms with Crippen LogP contribution in [0.25, 0.3) is 0 Å². The first-order valence-corrected chi connectivity index (χ1v) is 11.4. The number of pyridine rings is 1. The number of nitrogens with one attached hydrogen (secondary N) is 1. The number of nitrogens with zero attached hydrogens (tertiary/aromatic N) is 3. The summed E-state index contributed by atoms with van der Waals surface area (Å²) in [6.45, 7) is 5.59. The summed E-state index contributed by atoms with van der Waals surface area (Å²) in [7, 11) is 0. The number of rotatable bonds is 6. The number of piperazine rings is 1. The van der Waals surface area contributed by atoms with Crippen molar-refractivity contribution in [2.45, 2.75) is 38.1 Å². The maximum absolute atomic E-state index is 12.2. The molecule has 6 heteroatoms. The zero-order chi connectivity index (χ0) is 19.2. The summed E-state index contributed by atoms with van der Waals surface area (Å²) >= 11 is 1.58. The highest BCUT2D eigenvalue weighted by Gasteiger charge is 2.24. The zero-order valence-corrected chi connectivity index (χ0v) is 17.2. The van der Waals surface area contributed by atoms with Gasteiger partial charge in [0.1, 0.15) is 5.82 Å². The third-order valence-corrected chi connectivity index (χ3v) is 6.85. The van der Waals surface area contributed by atoms with Crippen LogP contribution in [0, 0.1) is 5.92 Å². The van der Waals surface area contributed by atoms with Crippen molar-refractivity contribution in [3.8, 4) is 0 Å². The van der Waals surface area contributed by atoms with E-state index < -0.39 is 0 Å². The number of hydrogen-bond donors (Lipinski definition) is 1. The molecule has 5 nitrogen and oxygen atoms in total. The van der Waals surface area contributed by atoms with Gasteiger partial charge in [0.2, 0.25) is 0 Å². The molecule has 2 aromatic heterocycles. The van der Waals surface area contributed by atoms with Crippen molar-refractivity contribution in [2.75, 3.05) is 37.6 Å². The lowest BCUT2D eigenvalue weighted by molar-refractivity contribution is 0.0920. The molecule has 3 heterocycles.